The van der Waals surface area contributed by atoms with Crippen LogP contribution in [0, 0.1) is 11.3 Å². The number of methoxy groups -OCH3 is 2. The van der Waals surface area contributed by atoms with Crippen LogP contribution in [0.25, 0.3) is 0 Å². The van der Waals surface area contributed by atoms with Gasteiger partial charge < -0.3 is 19.5 Å². The van der Waals surface area contributed by atoms with E-state index in [0.29, 0.717) is 27.5 Å². The van der Waals surface area contributed by atoms with Gasteiger partial charge >= 0.3 is 5.97 Å². The summed E-state index contributed by atoms with van der Waals surface area (Å²) in [6.07, 6.45) is 0. The van der Waals surface area contributed by atoms with Crippen LogP contribution in [0.15, 0.2) is 76.5 Å². The monoisotopic (exact) mass is 462 g/mol. The molecule has 168 valence electrons. The maximum Gasteiger partial charge on any atom is 0.339 e. The van der Waals surface area contributed by atoms with E-state index in [1.54, 1.807) is 61.7 Å². The molecule has 0 radical (unpaired) electrons. The molecule has 0 atom stereocenters. The predicted octanol–water partition coefficient (Wildman–Crippen LogP) is 4.20. The van der Waals surface area contributed by atoms with Crippen LogP contribution in [0.1, 0.15) is 21.5 Å². The Hall–Kier alpha value is -3.96. The summed E-state index contributed by atoms with van der Waals surface area (Å²) in [5.41, 5.74) is 1.65. The second kappa shape index (κ2) is 11.6. The lowest BCUT2D eigenvalue weighted by Gasteiger charge is -2.11. The van der Waals surface area contributed by atoms with Crippen LogP contribution in [0.3, 0.4) is 0 Å². The van der Waals surface area contributed by atoms with Gasteiger partial charge in [0.25, 0.3) is 5.91 Å². The second-order valence-electron chi connectivity index (χ2n) is 6.75. The van der Waals surface area contributed by atoms with Crippen LogP contribution in [-0.4, -0.2) is 32.7 Å². The molecule has 7 nitrogen and oxygen atoms in total. The fourth-order valence-electron chi connectivity index (χ4n) is 2.94. The first-order valence-electron chi connectivity index (χ1n) is 9.96. The normalized spacial score (nSPS) is 10.1. The van der Waals surface area contributed by atoms with Crippen LogP contribution in [0.2, 0.25) is 0 Å². The molecule has 0 aliphatic carbocycles. The topological polar surface area (TPSA) is 97.6 Å². The molecule has 3 aromatic rings. The van der Waals surface area contributed by atoms with E-state index in [4.69, 9.17) is 14.2 Å². The van der Waals surface area contributed by atoms with E-state index < -0.39 is 18.5 Å². The SMILES string of the molecule is COc1ccc(CNC(=O)COC(=O)c2ccccc2Sc2ccccc2C#N)cc1OC. The Kier molecular flexibility index (Phi) is 8.33. The Balaban J connectivity index is 1.59. The zero-order valence-electron chi connectivity index (χ0n) is 18.2. The third-order valence-corrected chi connectivity index (χ3v) is 5.76. The zero-order valence-corrected chi connectivity index (χ0v) is 19.0. The lowest BCUT2D eigenvalue weighted by atomic mass is 10.2. The van der Waals surface area contributed by atoms with Gasteiger partial charge in [-0.25, -0.2) is 4.79 Å². The lowest BCUT2D eigenvalue weighted by Crippen LogP contribution is -2.28. The summed E-state index contributed by atoms with van der Waals surface area (Å²) < 4.78 is 15.7. The van der Waals surface area contributed by atoms with Crippen molar-refractivity contribution in [2.75, 3.05) is 20.8 Å². The molecule has 0 aromatic heterocycles. The summed E-state index contributed by atoms with van der Waals surface area (Å²) in [5, 5.41) is 12.0. The molecular weight excluding hydrogens is 440 g/mol. The van der Waals surface area contributed by atoms with E-state index in [-0.39, 0.29) is 6.54 Å². The van der Waals surface area contributed by atoms with Gasteiger partial charge in [-0.1, -0.05) is 42.1 Å². The number of hydrogen-bond donors (Lipinski definition) is 1. The molecule has 0 heterocycles. The fraction of sp³-hybridized carbons (Fsp3) is 0.160. The minimum atomic E-state index is -0.617. The van der Waals surface area contributed by atoms with Crippen LogP contribution < -0.4 is 14.8 Å². The largest absolute Gasteiger partial charge is 0.493 e. The van der Waals surface area contributed by atoms with E-state index >= 15 is 0 Å². The van der Waals surface area contributed by atoms with Crippen molar-refractivity contribution in [3.8, 4) is 17.6 Å². The first-order valence-corrected chi connectivity index (χ1v) is 10.8. The van der Waals surface area contributed by atoms with E-state index in [2.05, 4.69) is 11.4 Å². The molecule has 0 fully saturated rings. The molecule has 0 bridgehead atoms. The third-order valence-electron chi connectivity index (χ3n) is 4.61. The van der Waals surface area contributed by atoms with Crippen molar-refractivity contribution >= 4 is 23.6 Å². The number of nitriles is 1. The number of carbonyl (C=O) groups excluding carboxylic acids is 2. The van der Waals surface area contributed by atoms with Gasteiger partial charge in [0.05, 0.1) is 25.3 Å². The molecule has 1 amide bonds. The number of amides is 1. The molecule has 0 spiro atoms. The van der Waals surface area contributed by atoms with Gasteiger partial charge in [-0.05, 0) is 42.0 Å². The molecule has 33 heavy (non-hydrogen) atoms. The van der Waals surface area contributed by atoms with Crippen molar-refractivity contribution in [3.05, 3.63) is 83.4 Å². The zero-order chi connectivity index (χ0) is 23.6. The lowest BCUT2D eigenvalue weighted by molar-refractivity contribution is -0.124. The number of rotatable bonds is 9. The molecule has 3 rings (SSSR count). The summed E-state index contributed by atoms with van der Waals surface area (Å²) in [4.78, 5) is 26.2. The number of ether oxygens (including phenoxy) is 3. The van der Waals surface area contributed by atoms with Crippen LogP contribution in [0.4, 0.5) is 0 Å². The standard InChI is InChI=1S/C25H22N2O5S/c1-30-20-12-11-17(13-21(20)31-2)15-27-24(28)16-32-25(29)19-8-4-6-10-23(19)33-22-9-5-3-7-18(22)14-26/h3-13H,15-16H2,1-2H3,(H,27,28). The van der Waals surface area contributed by atoms with Crippen molar-refractivity contribution in [3.63, 3.8) is 0 Å². The van der Waals surface area contributed by atoms with Gasteiger partial charge in [0.15, 0.2) is 18.1 Å². The van der Waals surface area contributed by atoms with Crippen molar-refractivity contribution in [2.24, 2.45) is 0 Å². The highest BCUT2D eigenvalue weighted by molar-refractivity contribution is 7.99. The average molecular weight is 463 g/mol. The third kappa shape index (κ3) is 6.28. The highest BCUT2D eigenvalue weighted by Crippen LogP contribution is 2.33. The Morgan fingerprint density at radius 1 is 0.939 bits per heavy atom. The van der Waals surface area contributed by atoms with Gasteiger partial charge in [-0.15, -0.1) is 0 Å². The van der Waals surface area contributed by atoms with Crippen LogP contribution in [0.5, 0.6) is 11.5 Å². The maximum atomic E-state index is 12.6. The second-order valence-corrected chi connectivity index (χ2v) is 7.83. The van der Waals surface area contributed by atoms with Gasteiger partial charge in [0.1, 0.15) is 6.07 Å². The molecule has 8 heteroatoms. The summed E-state index contributed by atoms with van der Waals surface area (Å²) >= 11 is 1.30. The van der Waals surface area contributed by atoms with Crippen molar-refractivity contribution < 1.29 is 23.8 Å². The number of hydrogen-bond acceptors (Lipinski definition) is 7. The van der Waals surface area contributed by atoms with E-state index in [1.807, 2.05) is 12.1 Å². The number of carbonyl (C=O) groups is 2. The molecule has 1 N–H and O–H groups in total. The van der Waals surface area contributed by atoms with Gasteiger partial charge in [0.2, 0.25) is 0 Å². The first kappa shape index (κ1) is 23.7. The molecular formula is C25H22N2O5S. The molecule has 0 unspecified atom stereocenters. The Labute approximate surface area is 196 Å². The summed E-state index contributed by atoms with van der Waals surface area (Å²) in [5.74, 6) is 0.102. The summed E-state index contributed by atoms with van der Waals surface area (Å²) in [7, 11) is 3.08. The number of benzene rings is 3. The Morgan fingerprint density at radius 2 is 1.64 bits per heavy atom. The molecule has 0 aliphatic rings. The van der Waals surface area contributed by atoms with Crippen molar-refractivity contribution in [2.45, 2.75) is 16.3 Å². The van der Waals surface area contributed by atoms with E-state index in [0.717, 1.165) is 10.5 Å². The quantitative estimate of drug-likeness (QED) is 0.476. The van der Waals surface area contributed by atoms with E-state index in [1.165, 1.54) is 18.9 Å². The van der Waals surface area contributed by atoms with Crippen molar-refractivity contribution in [1.82, 2.24) is 5.32 Å². The van der Waals surface area contributed by atoms with E-state index in [9.17, 15) is 14.9 Å². The van der Waals surface area contributed by atoms with Crippen LogP contribution in [-0.2, 0) is 16.1 Å². The number of nitrogens with zero attached hydrogens (tertiary/aromatic N) is 1. The minimum absolute atomic E-state index is 0.244. The van der Waals surface area contributed by atoms with Crippen LogP contribution >= 0.6 is 11.8 Å². The Bertz CT molecular complexity index is 1190. The Morgan fingerprint density at radius 3 is 2.36 bits per heavy atom. The fourth-order valence-corrected chi connectivity index (χ4v) is 3.96. The number of nitrogens with one attached hydrogen (secondary N) is 1. The summed E-state index contributed by atoms with van der Waals surface area (Å²) in [6, 6.07) is 21.5. The number of esters is 1. The minimum Gasteiger partial charge on any atom is -0.493 e. The maximum absolute atomic E-state index is 12.6. The predicted molar refractivity (Wildman–Crippen MR) is 123 cm³/mol. The van der Waals surface area contributed by atoms with Crippen molar-refractivity contribution in [1.29, 1.82) is 5.26 Å². The molecule has 0 saturated heterocycles. The first-order chi connectivity index (χ1) is 16.0. The van der Waals surface area contributed by atoms with Gasteiger partial charge in [-0.2, -0.15) is 5.26 Å². The van der Waals surface area contributed by atoms with Gasteiger partial charge in [-0.3, -0.25) is 4.79 Å². The summed E-state index contributed by atoms with van der Waals surface area (Å²) in [6.45, 7) is -0.173. The highest BCUT2D eigenvalue weighted by atomic mass is 32.2. The average Bonchev–Trinajstić information content (AvgIpc) is 2.86. The molecule has 3 aromatic carbocycles. The highest BCUT2D eigenvalue weighted by Gasteiger charge is 2.16. The van der Waals surface area contributed by atoms with Gasteiger partial charge in [0, 0.05) is 16.3 Å². The molecule has 0 saturated carbocycles. The smallest absolute Gasteiger partial charge is 0.339 e. The molecule has 0 aliphatic heterocycles.